The molecular formula is C19H26N2O2. The van der Waals surface area contributed by atoms with E-state index < -0.39 is 5.41 Å². The molecule has 1 aliphatic rings. The van der Waals surface area contributed by atoms with Crippen molar-refractivity contribution in [2.75, 3.05) is 19.6 Å². The van der Waals surface area contributed by atoms with Crippen LogP contribution < -0.4 is 0 Å². The molecule has 1 heterocycles. The molecule has 1 saturated heterocycles. The molecule has 0 aliphatic carbocycles. The largest absolute Gasteiger partial charge is 0.338 e. The fourth-order valence-electron chi connectivity index (χ4n) is 3.17. The number of hydrogen-bond acceptors (Lipinski definition) is 2. The van der Waals surface area contributed by atoms with E-state index in [1.165, 1.54) is 6.08 Å². The van der Waals surface area contributed by atoms with Crippen LogP contribution in [0.15, 0.2) is 43.0 Å². The van der Waals surface area contributed by atoms with Crippen LogP contribution in [0.3, 0.4) is 0 Å². The van der Waals surface area contributed by atoms with Crippen molar-refractivity contribution in [3.63, 3.8) is 0 Å². The lowest BCUT2D eigenvalue weighted by Crippen LogP contribution is -2.58. The zero-order valence-corrected chi connectivity index (χ0v) is 14.3. The lowest BCUT2D eigenvalue weighted by molar-refractivity contribution is -0.143. The van der Waals surface area contributed by atoms with Crippen molar-refractivity contribution in [3.05, 3.63) is 48.6 Å². The van der Waals surface area contributed by atoms with Crippen molar-refractivity contribution in [1.29, 1.82) is 0 Å². The summed E-state index contributed by atoms with van der Waals surface area (Å²) in [6, 6.07) is 9.92. The number of amides is 2. The average Bonchev–Trinajstić information content (AvgIpc) is 2.60. The Morgan fingerprint density at radius 3 is 2.48 bits per heavy atom. The van der Waals surface area contributed by atoms with Crippen molar-refractivity contribution in [2.45, 2.75) is 38.6 Å². The Labute approximate surface area is 138 Å². The highest BCUT2D eigenvalue weighted by molar-refractivity contribution is 5.89. The number of nitrogens with zero attached hydrogens (tertiary/aromatic N) is 2. The van der Waals surface area contributed by atoms with Crippen LogP contribution in [0.4, 0.5) is 0 Å². The minimum atomic E-state index is -0.565. The Balaban J connectivity index is 2.15. The third kappa shape index (κ3) is 3.46. The average molecular weight is 314 g/mol. The molecule has 1 atom stereocenters. The van der Waals surface area contributed by atoms with Gasteiger partial charge in [0, 0.05) is 25.7 Å². The van der Waals surface area contributed by atoms with Crippen LogP contribution in [0, 0.1) is 0 Å². The zero-order chi connectivity index (χ0) is 17.0. The van der Waals surface area contributed by atoms with Crippen LogP contribution in [-0.2, 0) is 15.0 Å². The first kappa shape index (κ1) is 17.3. The normalized spacial score (nSPS) is 18.7. The quantitative estimate of drug-likeness (QED) is 0.802. The Kier molecular flexibility index (Phi) is 5.24. The minimum absolute atomic E-state index is 0.0498. The second-order valence-electron chi connectivity index (χ2n) is 6.54. The van der Waals surface area contributed by atoms with Crippen LogP contribution in [0.5, 0.6) is 0 Å². The number of hydrogen-bond donors (Lipinski definition) is 0. The van der Waals surface area contributed by atoms with E-state index in [2.05, 4.69) is 6.58 Å². The van der Waals surface area contributed by atoms with E-state index in [-0.39, 0.29) is 17.9 Å². The van der Waals surface area contributed by atoms with E-state index in [0.717, 1.165) is 12.0 Å². The van der Waals surface area contributed by atoms with Crippen LogP contribution in [-0.4, -0.2) is 47.3 Å². The highest BCUT2D eigenvalue weighted by Gasteiger charge is 2.37. The van der Waals surface area contributed by atoms with E-state index in [1.807, 2.05) is 60.9 Å². The first-order valence-corrected chi connectivity index (χ1v) is 8.19. The molecule has 1 fully saturated rings. The maximum absolute atomic E-state index is 13.0. The molecule has 0 aromatic heterocycles. The topological polar surface area (TPSA) is 40.6 Å². The highest BCUT2D eigenvalue weighted by Crippen LogP contribution is 2.27. The van der Waals surface area contributed by atoms with Gasteiger partial charge in [-0.3, -0.25) is 9.59 Å². The first-order chi connectivity index (χ1) is 10.9. The molecule has 0 spiro atoms. The van der Waals surface area contributed by atoms with Gasteiger partial charge in [0.25, 0.3) is 0 Å². The Morgan fingerprint density at radius 2 is 1.91 bits per heavy atom. The van der Waals surface area contributed by atoms with Crippen molar-refractivity contribution < 1.29 is 9.59 Å². The minimum Gasteiger partial charge on any atom is -0.338 e. The van der Waals surface area contributed by atoms with Crippen LogP contribution >= 0.6 is 0 Å². The summed E-state index contributed by atoms with van der Waals surface area (Å²) in [6.07, 6.45) is 2.18. The van der Waals surface area contributed by atoms with Gasteiger partial charge in [-0.15, -0.1) is 0 Å². The molecule has 23 heavy (non-hydrogen) atoms. The van der Waals surface area contributed by atoms with Gasteiger partial charge in [0.2, 0.25) is 11.8 Å². The molecule has 0 radical (unpaired) electrons. The second-order valence-corrected chi connectivity index (χ2v) is 6.54. The maximum Gasteiger partial charge on any atom is 0.246 e. The molecule has 0 bridgehead atoms. The van der Waals surface area contributed by atoms with Crippen LogP contribution in [0.2, 0.25) is 0 Å². The van der Waals surface area contributed by atoms with Crippen molar-refractivity contribution in [3.8, 4) is 0 Å². The Hall–Kier alpha value is -2.10. The van der Waals surface area contributed by atoms with Gasteiger partial charge in [-0.05, 0) is 31.9 Å². The number of carbonyl (C=O) groups excluding carboxylic acids is 2. The van der Waals surface area contributed by atoms with E-state index in [4.69, 9.17) is 0 Å². The molecule has 0 N–H and O–H groups in total. The van der Waals surface area contributed by atoms with Crippen molar-refractivity contribution in [1.82, 2.24) is 9.80 Å². The van der Waals surface area contributed by atoms with Gasteiger partial charge in [0.15, 0.2) is 0 Å². The Bertz CT molecular complexity index is 580. The summed E-state index contributed by atoms with van der Waals surface area (Å²) >= 11 is 0. The SMILES string of the molecule is C=CC(=O)N1CCN(C(=O)C(C)(C)c2ccccc2)C[C@H]1CC. The number of piperazine rings is 1. The Morgan fingerprint density at radius 1 is 1.26 bits per heavy atom. The smallest absolute Gasteiger partial charge is 0.246 e. The summed E-state index contributed by atoms with van der Waals surface area (Å²) in [5, 5.41) is 0. The molecule has 1 aromatic rings. The molecule has 4 nitrogen and oxygen atoms in total. The number of carbonyl (C=O) groups is 2. The summed E-state index contributed by atoms with van der Waals surface area (Å²) in [6.45, 7) is 11.3. The fraction of sp³-hybridized carbons (Fsp3) is 0.474. The molecule has 1 aliphatic heterocycles. The van der Waals surface area contributed by atoms with Gasteiger partial charge in [0.05, 0.1) is 5.41 Å². The van der Waals surface area contributed by atoms with E-state index >= 15 is 0 Å². The molecule has 2 rings (SSSR count). The molecule has 124 valence electrons. The molecule has 4 heteroatoms. The predicted molar refractivity (Wildman–Crippen MR) is 92.0 cm³/mol. The molecule has 0 unspecified atom stereocenters. The maximum atomic E-state index is 13.0. The van der Waals surface area contributed by atoms with Gasteiger partial charge >= 0.3 is 0 Å². The van der Waals surface area contributed by atoms with Crippen LogP contribution in [0.25, 0.3) is 0 Å². The third-order valence-corrected chi connectivity index (χ3v) is 4.73. The molecule has 0 saturated carbocycles. The van der Waals surface area contributed by atoms with Crippen LogP contribution in [0.1, 0.15) is 32.8 Å². The van der Waals surface area contributed by atoms with Gasteiger partial charge in [-0.25, -0.2) is 0 Å². The number of benzene rings is 1. The summed E-state index contributed by atoms with van der Waals surface area (Å²) in [4.78, 5) is 28.7. The van der Waals surface area contributed by atoms with E-state index in [1.54, 1.807) is 0 Å². The standard InChI is InChI=1S/C19H26N2O2/c1-5-16-14-20(12-13-21(16)17(22)6-2)18(23)19(3,4)15-10-8-7-9-11-15/h6-11,16H,2,5,12-14H2,1,3-4H3/t16-/m1/s1. The summed E-state index contributed by atoms with van der Waals surface area (Å²) < 4.78 is 0. The van der Waals surface area contributed by atoms with Crippen molar-refractivity contribution >= 4 is 11.8 Å². The number of rotatable bonds is 4. The summed E-state index contributed by atoms with van der Waals surface area (Å²) in [5.41, 5.74) is 0.451. The summed E-state index contributed by atoms with van der Waals surface area (Å²) in [5.74, 6) is 0.0686. The lowest BCUT2D eigenvalue weighted by atomic mass is 9.83. The van der Waals surface area contributed by atoms with Gasteiger partial charge < -0.3 is 9.80 Å². The monoisotopic (exact) mass is 314 g/mol. The fourth-order valence-corrected chi connectivity index (χ4v) is 3.17. The van der Waals surface area contributed by atoms with Gasteiger partial charge in [-0.1, -0.05) is 43.8 Å². The molecular weight excluding hydrogens is 288 g/mol. The predicted octanol–water partition coefficient (Wildman–Crippen LogP) is 2.60. The molecule has 2 amide bonds. The summed E-state index contributed by atoms with van der Waals surface area (Å²) in [7, 11) is 0. The van der Waals surface area contributed by atoms with Crippen molar-refractivity contribution in [2.24, 2.45) is 0 Å². The van der Waals surface area contributed by atoms with Gasteiger partial charge in [-0.2, -0.15) is 0 Å². The third-order valence-electron chi connectivity index (χ3n) is 4.73. The van der Waals surface area contributed by atoms with Gasteiger partial charge in [0.1, 0.15) is 0 Å². The van der Waals surface area contributed by atoms with E-state index in [9.17, 15) is 9.59 Å². The first-order valence-electron chi connectivity index (χ1n) is 8.19. The van der Waals surface area contributed by atoms with E-state index in [0.29, 0.717) is 19.6 Å². The second kappa shape index (κ2) is 6.99. The zero-order valence-electron chi connectivity index (χ0n) is 14.3. The lowest BCUT2D eigenvalue weighted by Gasteiger charge is -2.43. The molecule has 1 aromatic carbocycles. The highest BCUT2D eigenvalue weighted by atomic mass is 16.2.